The van der Waals surface area contributed by atoms with Crippen molar-refractivity contribution >= 4 is 5.78 Å². The second-order valence-electron chi connectivity index (χ2n) is 4.51. The number of carbonyl (C=O) groups excluding carboxylic acids is 1. The molecule has 0 heterocycles. The van der Waals surface area contributed by atoms with Crippen molar-refractivity contribution in [3.8, 4) is 0 Å². The molecule has 1 N–H and O–H groups in total. The largest absolute Gasteiger partial charge is 0.388 e. The van der Waals surface area contributed by atoms with Gasteiger partial charge in [-0.2, -0.15) is 0 Å². The Morgan fingerprint density at radius 3 is 2.71 bits per heavy atom. The molecule has 1 aliphatic carbocycles. The molecule has 0 amide bonds. The predicted molar refractivity (Wildman–Crippen MR) is 67.7 cm³/mol. The minimum Gasteiger partial charge on any atom is -0.388 e. The summed E-state index contributed by atoms with van der Waals surface area (Å²) in [4.78, 5) is 11.6. The summed E-state index contributed by atoms with van der Waals surface area (Å²) in [6.07, 6.45) is 5.18. The Labute approximate surface area is 102 Å². The summed E-state index contributed by atoms with van der Waals surface area (Å²) in [5.74, 6) is 0.122. The molecule has 1 aliphatic rings. The molecule has 2 rings (SSSR count). The first-order valence-corrected chi connectivity index (χ1v) is 6.22. The van der Waals surface area contributed by atoms with E-state index in [9.17, 15) is 9.90 Å². The third kappa shape index (κ3) is 3.27. The van der Waals surface area contributed by atoms with E-state index in [1.54, 1.807) is 0 Å². The molecule has 0 fully saturated rings. The molecular weight excluding hydrogens is 212 g/mol. The van der Waals surface area contributed by atoms with E-state index in [2.05, 4.69) is 0 Å². The number of hydrogen-bond donors (Lipinski definition) is 1. The summed E-state index contributed by atoms with van der Waals surface area (Å²) in [6, 6.07) is 10.1. The second-order valence-corrected chi connectivity index (χ2v) is 4.51. The van der Waals surface area contributed by atoms with Crippen molar-refractivity contribution in [1.82, 2.24) is 0 Å². The number of allylic oxidation sites excluding steroid dienone is 1. The van der Waals surface area contributed by atoms with Crippen LogP contribution in [0.4, 0.5) is 0 Å². The highest BCUT2D eigenvalue weighted by atomic mass is 16.3. The van der Waals surface area contributed by atoms with Gasteiger partial charge in [0.15, 0.2) is 5.78 Å². The van der Waals surface area contributed by atoms with Gasteiger partial charge >= 0.3 is 0 Å². The fourth-order valence-electron chi connectivity index (χ4n) is 2.20. The Hall–Kier alpha value is -1.41. The minimum atomic E-state index is -0.594. The van der Waals surface area contributed by atoms with E-state index in [0.29, 0.717) is 18.4 Å². The molecule has 1 aromatic carbocycles. The van der Waals surface area contributed by atoms with Crippen LogP contribution in [0.1, 0.15) is 31.2 Å². The maximum atomic E-state index is 11.6. The number of aliphatic hydroxyl groups is 1. The molecule has 0 spiro atoms. The van der Waals surface area contributed by atoms with Crippen molar-refractivity contribution in [1.29, 1.82) is 0 Å². The monoisotopic (exact) mass is 230 g/mol. The van der Waals surface area contributed by atoms with E-state index < -0.39 is 6.10 Å². The van der Waals surface area contributed by atoms with Crippen molar-refractivity contribution in [3.63, 3.8) is 0 Å². The van der Waals surface area contributed by atoms with E-state index in [-0.39, 0.29) is 5.78 Å². The highest BCUT2D eigenvalue weighted by Crippen LogP contribution is 2.20. The zero-order chi connectivity index (χ0) is 12.1. The molecule has 2 heteroatoms. The maximum Gasteiger partial charge on any atom is 0.161 e. The zero-order valence-corrected chi connectivity index (χ0v) is 9.93. The summed E-state index contributed by atoms with van der Waals surface area (Å²) >= 11 is 0. The van der Waals surface area contributed by atoms with Crippen molar-refractivity contribution in [2.45, 2.75) is 38.2 Å². The average Bonchev–Trinajstić information content (AvgIpc) is 2.38. The van der Waals surface area contributed by atoms with Gasteiger partial charge in [0.05, 0.1) is 6.10 Å². The molecule has 17 heavy (non-hydrogen) atoms. The number of benzene rings is 1. The molecule has 0 saturated heterocycles. The van der Waals surface area contributed by atoms with E-state index in [1.807, 2.05) is 36.4 Å². The van der Waals surface area contributed by atoms with Gasteiger partial charge in [0.25, 0.3) is 0 Å². The van der Waals surface area contributed by atoms with Crippen molar-refractivity contribution in [3.05, 3.63) is 47.5 Å². The molecule has 1 atom stereocenters. The lowest BCUT2D eigenvalue weighted by atomic mass is 9.91. The fraction of sp³-hybridized carbons (Fsp3) is 0.400. The standard InChI is InChI=1S/C15H18O2/c16-14-9-5-4-8-13(14)15(17)11-10-12-6-2-1-3-7-12/h1-3,6-8,15,17H,4-5,9-11H2/t15-/m0/s1. The Bertz CT molecular complexity index is 406. The summed E-state index contributed by atoms with van der Waals surface area (Å²) in [7, 11) is 0. The van der Waals surface area contributed by atoms with Gasteiger partial charge in [-0.1, -0.05) is 36.4 Å². The number of rotatable bonds is 4. The molecule has 1 aromatic rings. The third-order valence-corrected chi connectivity index (χ3v) is 3.20. The third-order valence-electron chi connectivity index (χ3n) is 3.20. The van der Waals surface area contributed by atoms with E-state index >= 15 is 0 Å². The van der Waals surface area contributed by atoms with Crippen LogP contribution >= 0.6 is 0 Å². The van der Waals surface area contributed by atoms with Crippen LogP contribution in [0.25, 0.3) is 0 Å². The highest BCUT2D eigenvalue weighted by Gasteiger charge is 2.20. The van der Waals surface area contributed by atoms with Crippen LogP contribution in [0.15, 0.2) is 42.0 Å². The van der Waals surface area contributed by atoms with Crippen LogP contribution in [-0.2, 0) is 11.2 Å². The van der Waals surface area contributed by atoms with Gasteiger partial charge < -0.3 is 5.11 Å². The number of carbonyl (C=O) groups is 1. The van der Waals surface area contributed by atoms with Crippen LogP contribution in [0.2, 0.25) is 0 Å². The molecule has 0 aromatic heterocycles. The summed E-state index contributed by atoms with van der Waals surface area (Å²) < 4.78 is 0. The lowest BCUT2D eigenvalue weighted by Crippen LogP contribution is -2.21. The number of ketones is 1. The lowest BCUT2D eigenvalue weighted by molar-refractivity contribution is -0.117. The minimum absolute atomic E-state index is 0.122. The average molecular weight is 230 g/mol. The smallest absolute Gasteiger partial charge is 0.161 e. The Kier molecular flexibility index (Phi) is 4.10. The molecular formula is C15H18O2. The van der Waals surface area contributed by atoms with E-state index in [0.717, 1.165) is 19.3 Å². The molecule has 0 bridgehead atoms. The molecule has 2 nitrogen and oxygen atoms in total. The zero-order valence-electron chi connectivity index (χ0n) is 9.93. The summed E-state index contributed by atoms with van der Waals surface area (Å²) in [5, 5.41) is 10.0. The van der Waals surface area contributed by atoms with Crippen molar-refractivity contribution < 1.29 is 9.90 Å². The molecule has 0 aliphatic heterocycles. The Morgan fingerprint density at radius 2 is 2.00 bits per heavy atom. The van der Waals surface area contributed by atoms with Gasteiger partial charge in [0.2, 0.25) is 0 Å². The molecule has 0 radical (unpaired) electrons. The Morgan fingerprint density at radius 1 is 1.24 bits per heavy atom. The van der Waals surface area contributed by atoms with Gasteiger partial charge in [-0.05, 0) is 31.2 Å². The molecule has 90 valence electrons. The molecule has 0 saturated carbocycles. The molecule has 0 unspecified atom stereocenters. The van der Waals surface area contributed by atoms with E-state index in [1.165, 1.54) is 5.56 Å². The quantitative estimate of drug-likeness (QED) is 0.863. The number of Topliss-reactive ketones (excluding diaryl/α,β-unsaturated/α-hetero) is 1. The first-order chi connectivity index (χ1) is 8.27. The van der Waals surface area contributed by atoms with E-state index in [4.69, 9.17) is 0 Å². The van der Waals surface area contributed by atoms with Gasteiger partial charge in [-0.25, -0.2) is 0 Å². The van der Waals surface area contributed by atoms with Crippen LogP contribution < -0.4 is 0 Å². The fourth-order valence-corrected chi connectivity index (χ4v) is 2.20. The Balaban J connectivity index is 1.91. The number of aryl methyl sites for hydroxylation is 1. The van der Waals surface area contributed by atoms with Crippen LogP contribution in [0.5, 0.6) is 0 Å². The lowest BCUT2D eigenvalue weighted by Gasteiger charge is -2.17. The van der Waals surface area contributed by atoms with Crippen molar-refractivity contribution in [2.75, 3.05) is 0 Å². The maximum absolute atomic E-state index is 11.6. The van der Waals surface area contributed by atoms with Gasteiger partial charge in [-0.3, -0.25) is 4.79 Å². The van der Waals surface area contributed by atoms with Crippen molar-refractivity contribution in [2.24, 2.45) is 0 Å². The van der Waals surface area contributed by atoms with Gasteiger partial charge in [0.1, 0.15) is 0 Å². The summed E-state index contributed by atoms with van der Waals surface area (Å²) in [6.45, 7) is 0. The number of aliphatic hydroxyl groups excluding tert-OH is 1. The highest BCUT2D eigenvalue weighted by molar-refractivity contribution is 5.96. The topological polar surface area (TPSA) is 37.3 Å². The first-order valence-electron chi connectivity index (χ1n) is 6.22. The van der Waals surface area contributed by atoms with Crippen LogP contribution in [-0.4, -0.2) is 17.0 Å². The van der Waals surface area contributed by atoms with Gasteiger partial charge in [-0.15, -0.1) is 0 Å². The number of hydrogen-bond acceptors (Lipinski definition) is 2. The SMILES string of the molecule is O=C1CCCC=C1[C@@H](O)CCc1ccccc1. The van der Waals surface area contributed by atoms with Gasteiger partial charge in [0, 0.05) is 12.0 Å². The van der Waals surface area contributed by atoms with Crippen LogP contribution in [0, 0.1) is 0 Å². The normalized spacial score (nSPS) is 17.7. The second kappa shape index (κ2) is 5.78. The van der Waals surface area contributed by atoms with Crippen LogP contribution in [0.3, 0.4) is 0 Å². The predicted octanol–water partition coefficient (Wildman–Crippen LogP) is 2.66. The summed E-state index contributed by atoms with van der Waals surface area (Å²) in [5.41, 5.74) is 1.84. The first kappa shape index (κ1) is 12.1.